The van der Waals surface area contributed by atoms with Crippen molar-refractivity contribution < 1.29 is 14.7 Å². The van der Waals surface area contributed by atoms with Gasteiger partial charge in [-0.3, -0.25) is 4.84 Å². The summed E-state index contributed by atoms with van der Waals surface area (Å²) in [7, 11) is 0. The van der Waals surface area contributed by atoms with Crippen LogP contribution in [0, 0.1) is 0 Å². The molecule has 2 atom stereocenters. The first kappa shape index (κ1) is 11.3. The maximum absolute atomic E-state index is 9.36. The number of nitrogens with zero attached hydrogens (tertiary/aromatic N) is 1. The van der Waals surface area contributed by atoms with Gasteiger partial charge < -0.3 is 9.84 Å². The highest BCUT2D eigenvalue weighted by molar-refractivity contribution is 6.30. The molecule has 1 N–H and O–H groups in total. The van der Waals surface area contributed by atoms with Crippen LogP contribution in [0.4, 0.5) is 0 Å². The third kappa shape index (κ3) is 2.40. The van der Waals surface area contributed by atoms with Gasteiger partial charge in [-0.15, -0.1) is 0 Å². The minimum Gasteiger partial charge on any atom is -0.488 e. The zero-order valence-corrected chi connectivity index (χ0v) is 10.1. The van der Waals surface area contributed by atoms with Crippen LogP contribution >= 0.6 is 11.6 Å². The van der Waals surface area contributed by atoms with Gasteiger partial charge in [0.05, 0.1) is 25.8 Å². The number of ether oxygens (including phenoxy) is 1. The number of hydrogen-bond donors (Lipinski definition) is 1. The van der Waals surface area contributed by atoms with Gasteiger partial charge in [0.1, 0.15) is 11.9 Å². The molecule has 4 nitrogen and oxygen atoms in total. The quantitative estimate of drug-likeness (QED) is 0.864. The molecule has 0 bridgehead atoms. The van der Waals surface area contributed by atoms with Crippen molar-refractivity contribution in [2.45, 2.75) is 18.6 Å². The fourth-order valence-electron chi connectivity index (χ4n) is 2.28. The van der Waals surface area contributed by atoms with Crippen LogP contribution in [-0.4, -0.2) is 42.1 Å². The van der Waals surface area contributed by atoms with Crippen LogP contribution in [0.15, 0.2) is 18.2 Å². The van der Waals surface area contributed by atoms with Crippen LogP contribution in [0.2, 0.25) is 5.02 Å². The second-order valence-corrected chi connectivity index (χ2v) is 4.93. The predicted octanol–water partition coefficient (Wildman–Crippen LogP) is 1.25. The topological polar surface area (TPSA) is 41.9 Å². The Hall–Kier alpha value is -0.810. The van der Waals surface area contributed by atoms with E-state index in [1.807, 2.05) is 18.2 Å². The summed E-state index contributed by atoms with van der Waals surface area (Å²) in [6, 6.07) is 5.67. The van der Waals surface area contributed by atoms with Gasteiger partial charge in [-0.1, -0.05) is 11.6 Å². The highest BCUT2D eigenvalue weighted by Crippen LogP contribution is 2.31. The van der Waals surface area contributed by atoms with Gasteiger partial charge in [-0.25, -0.2) is 0 Å². The Kier molecular flexibility index (Phi) is 2.96. The third-order valence-corrected chi connectivity index (χ3v) is 3.27. The largest absolute Gasteiger partial charge is 0.488 e. The maximum Gasteiger partial charge on any atom is 0.123 e. The van der Waals surface area contributed by atoms with Gasteiger partial charge in [-0.2, -0.15) is 5.06 Å². The molecule has 1 aromatic carbocycles. The molecule has 0 amide bonds. The smallest absolute Gasteiger partial charge is 0.123 e. The van der Waals surface area contributed by atoms with Crippen molar-refractivity contribution in [3.05, 3.63) is 28.8 Å². The van der Waals surface area contributed by atoms with Gasteiger partial charge in [0.15, 0.2) is 0 Å². The minimum atomic E-state index is -0.381. The Labute approximate surface area is 105 Å². The second-order valence-electron chi connectivity index (χ2n) is 4.49. The maximum atomic E-state index is 9.36. The highest BCUT2D eigenvalue weighted by Gasteiger charge is 2.29. The first-order valence-electron chi connectivity index (χ1n) is 5.72. The van der Waals surface area contributed by atoms with E-state index >= 15 is 0 Å². The molecule has 2 unspecified atom stereocenters. The summed E-state index contributed by atoms with van der Waals surface area (Å²) < 4.78 is 5.80. The van der Waals surface area contributed by atoms with Crippen molar-refractivity contribution in [1.29, 1.82) is 0 Å². The highest BCUT2D eigenvalue weighted by atomic mass is 35.5. The zero-order valence-electron chi connectivity index (χ0n) is 9.30. The number of rotatable bonds is 2. The molecule has 92 valence electrons. The van der Waals surface area contributed by atoms with E-state index in [0.29, 0.717) is 19.7 Å². The zero-order chi connectivity index (χ0) is 11.8. The van der Waals surface area contributed by atoms with Gasteiger partial charge in [0, 0.05) is 11.4 Å². The molecule has 1 aromatic rings. The van der Waals surface area contributed by atoms with Gasteiger partial charge in [0.25, 0.3) is 0 Å². The van der Waals surface area contributed by atoms with E-state index < -0.39 is 0 Å². The molecule has 5 heteroatoms. The lowest BCUT2D eigenvalue weighted by Gasteiger charge is -2.18. The van der Waals surface area contributed by atoms with Crippen LogP contribution in [0.25, 0.3) is 0 Å². The van der Waals surface area contributed by atoms with Crippen LogP contribution in [0.5, 0.6) is 5.75 Å². The minimum absolute atomic E-state index is 0.0776. The molecule has 0 radical (unpaired) electrons. The summed E-state index contributed by atoms with van der Waals surface area (Å²) >= 11 is 5.94. The first-order chi connectivity index (χ1) is 8.20. The molecule has 1 saturated heterocycles. The number of hydroxylamine groups is 2. The molecular weight excluding hydrogens is 242 g/mol. The van der Waals surface area contributed by atoms with Crippen molar-refractivity contribution in [1.82, 2.24) is 5.06 Å². The summed E-state index contributed by atoms with van der Waals surface area (Å²) in [4.78, 5) is 5.33. The SMILES string of the molecule is OC1CON(CC2Cc3cc(Cl)ccc3O2)C1. The van der Waals surface area contributed by atoms with Gasteiger partial charge in [0.2, 0.25) is 0 Å². The first-order valence-corrected chi connectivity index (χ1v) is 6.09. The lowest BCUT2D eigenvalue weighted by molar-refractivity contribution is -0.123. The van der Waals surface area contributed by atoms with Crippen LogP contribution in [0.3, 0.4) is 0 Å². The normalized spacial score (nSPS) is 28.1. The molecular formula is C12H14ClNO3. The Morgan fingerprint density at radius 1 is 1.47 bits per heavy atom. The Balaban J connectivity index is 1.62. The summed E-state index contributed by atoms with van der Waals surface area (Å²) in [5, 5.41) is 11.9. The summed E-state index contributed by atoms with van der Waals surface area (Å²) in [5.41, 5.74) is 1.14. The standard InChI is InChI=1S/C12H14ClNO3/c13-9-1-2-12-8(3-9)4-11(17-12)6-14-5-10(15)7-16-14/h1-3,10-11,15H,4-7H2. The number of aliphatic hydroxyl groups is 1. The molecule has 0 aliphatic carbocycles. The van der Waals surface area contributed by atoms with Gasteiger partial charge >= 0.3 is 0 Å². The third-order valence-electron chi connectivity index (χ3n) is 3.03. The fraction of sp³-hybridized carbons (Fsp3) is 0.500. The average Bonchev–Trinajstić information content (AvgIpc) is 2.84. The molecule has 2 aliphatic heterocycles. The summed E-state index contributed by atoms with van der Waals surface area (Å²) in [6.45, 7) is 1.60. The lowest BCUT2D eigenvalue weighted by Crippen LogP contribution is -2.33. The van der Waals surface area contributed by atoms with E-state index in [1.54, 1.807) is 5.06 Å². The molecule has 3 rings (SSSR count). The Morgan fingerprint density at radius 3 is 3.12 bits per heavy atom. The predicted molar refractivity (Wildman–Crippen MR) is 63.1 cm³/mol. The van der Waals surface area contributed by atoms with E-state index in [2.05, 4.69) is 0 Å². The number of fused-ring (bicyclic) bond motifs is 1. The Morgan fingerprint density at radius 2 is 2.35 bits per heavy atom. The number of hydrogen-bond acceptors (Lipinski definition) is 4. The van der Waals surface area contributed by atoms with Gasteiger partial charge in [-0.05, 0) is 23.8 Å². The summed E-state index contributed by atoms with van der Waals surface area (Å²) in [5.74, 6) is 0.902. The van der Waals surface area contributed by atoms with Crippen molar-refractivity contribution in [3.8, 4) is 5.75 Å². The van der Waals surface area contributed by atoms with E-state index in [0.717, 1.165) is 22.8 Å². The van der Waals surface area contributed by atoms with Crippen LogP contribution in [0.1, 0.15) is 5.56 Å². The van der Waals surface area contributed by atoms with E-state index in [9.17, 15) is 5.11 Å². The summed E-state index contributed by atoms with van der Waals surface area (Å²) in [6.07, 6.45) is 0.535. The van der Waals surface area contributed by atoms with Crippen LogP contribution < -0.4 is 4.74 Å². The molecule has 2 heterocycles. The van der Waals surface area contributed by atoms with E-state index in [1.165, 1.54) is 0 Å². The number of benzene rings is 1. The number of halogens is 1. The average molecular weight is 256 g/mol. The monoisotopic (exact) mass is 255 g/mol. The van der Waals surface area contributed by atoms with E-state index in [-0.39, 0.29) is 12.2 Å². The molecule has 1 fully saturated rings. The molecule has 0 spiro atoms. The molecule has 0 aromatic heterocycles. The van der Waals surface area contributed by atoms with Crippen molar-refractivity contribution in [2.24, 2.45) is 0 Å². The molecule has 2 aliphatic rings. The van der Waals surface area contributed by atoms with Crippen LogP contribution in [-0.2, 0) is 11.3 Å². The van der Waals surface area contributed by atoms with E-state index in [4.69, 9.17) is 21.2 Å². The molecule has 0 saturated carbocycles. The van der Waals surface area contributed by atoms with Crippen molar-refractivity contribution in [2.75, 3.05) is 19.7 Å². The van der Waals surface area contributed by atoms with Crippen molar-refractivity contribution >= 4 is 11.6 Å². The number of β-amino-alcohol motifs (C(OH)–C–C–N with tert-alkyl or cyclic N) is 1. The number of aliphatic hydroxyl groups excluding tert-OH is 1. The second kappa shape index (κ2) is 4.46. The molecule has 17 heavy (non-hydrogen) atoms. The Bertz CT molecular complexity index is 426. The lowest BCUT2D eigenvalue weighted by atomic mass is 10.1. The fourth-order valence-corrected chi connectivity index (χ4v) is 2.47. The van der Waals surface area contributed by atoms with Crippen molar-refractivity contribution in [3.63, 3.8) is 0 Å².